The van der Waals surface area contributed by atoms with Crippen molar-refractivity contribution in [3.8, 4) is 0 Å². The molecule has 7 nitrogen and oxygen atoms in total. The summed E-state index contributed by atoms with van der Waals surface area (Å²) in [6.45, 7) is 5.17. The first-order valence-electron chi connectivity index (χ1n) is 8.17. The summed E-state index contributed by atoms with van der Waals surface area (Å²) in [6, 6.07) is 7.88. The van der Waals surface area contributed by atoms with Crippen LogP contribution in [0.4, 0.5) is 11.4 Å². The zero-order chi connectivity index (χ0) is 16.4. The number of nitrogens with zero attached hydrogens (tertiary/aromatic N) is 3. The van der Waals surface area contributed by atoms with Gasteiger partial charge in [-0.15, -0.1) is 0 Å². The molecule has 1 saturated heterocycles. The summed E-state index contributed by atoms with van der Waals surface area (Å²) < 4.78 is 12.7. The molecule has 0 aliphatic carbocycles. The minimum Gasteiger partial charge on any atom is -0.378 e. The van der Waals surface area contributed by atoms with Crippen LogP contribution in [0.25, 0.3) is 0 Å². The zero-order valence-electron chi connectivity index (χ0n) is 13.4. The number of aromatic nitrogens is 2. The quantitative estimate of drug-likeness (QED) is 0.925. The van der Waals surface area contributed by atoms with Crippen LogP contribution in [0.15, 0.2) is 30.5 Å². The van der Waals surface area contributed by atoms with Crippen molar-refractivity contribution in [1.29, 1.82) is 0 Å². The molecule has 0 unspecified atom stereocenters. The number of imidazole rings is 1. The van der Waals surface area contributed by atoms with E-state index in [1.807, 2.05) is 28.8 Å². The first-order valence-corrected chi connectivity index (χ1v) is 8.17. The van der Waals surface area contributed by atoms with Gasteiger partial charge in [-0.05, 0) is 24.3 Å². The molecule has 24 heavy (non-hydrogen) atoms. The van der Waals surface area contributed by atoms with E-state index < -0.39 is 0 Å². The van der Waals surface area contributed by atoms with Crippen LogP contribution in [0.5, 0.6) is 0 Å². The number of nitrogens with one attached hydrogen (secondary N) is 1. The van der Waals surface area contributed by atoms with Crippen molar-refractivity contribution in [3.63, 3.8) is 0 Å². The van der Waals surface area contributed by atoms with Gasteiger partial charge in [-0.1, -0.05) is 0 Å². The maximum absolute atomic E-state index is 12.4. The van der Waals surface area contributed by atoms with Crippen LogP contribution in [-0.2, 0) is 22.6 Å². The van der Waals surface area contributed by atoms with Crippen LogP contribution >= 0.6 is 0 Å². The van der Waals surface area contributed by atoms with Crippen LogP contribution in [0, 0.1) is 0 Å². The predicted molar refractivity (Wildman–Crippen MR) is 89.3 cm³/mol. The lowest BCUT2D eigenvalue weighted by Crippen LogP contribution is -2.36. The summed E-state index contributed by atoms with van der Waals surface area (Å²) in [5.74, 6) is 0.602. The van der Waals surface area contributed by atoms with Crippen molar-refractivity contribution in [3.05, 3.63) is 42.0 Å². The van der Waals surface area contributed by atoms with Crippen molar-refractivity contribution < 1.29 is 14.3 Å². The third-order valence-electron chi connectivity index (χ3n) is 4.30. The molecule has 1 aromatic carbocycles. The highest BCUT2D eigenvalue weighted by Crippen LogP contribution is 2.19. The van der Waals surface area contributed by atoms with E-state index in [2.05, 4.69) is 15.2 Å². The van der Waals surface area contributed by atoms with Gasteiger partial charge in [0.1, 0.15) is 18.1 Å². The molecule has 2 aliphatic rings. The summed E-state index contributed by atoms with van der Waals surface area (Å²) in [5, 5.41) is 2.90. The molecule has 3 heterocycles. The molecule has 0 saturated carbocycles. The van der Waals surface area contributed by atoms with Gasteiger partial charge in [-0.25, -0.2) is 4.98 Å². The number of fused-ring (bicyclic) bond motifs is 1. The maximum Gasteiger partial charge on any atom is 0.275 e. The molecule has 0 radical (unpaired) electrons. The fourth-order valence-corrected chi connectivity index (χ4v) is 2.97. The number of rotatable bonds is 3. The second kappa shape index (κ2) is 6.62. The normalized spacial score (nSPS) is 17.4. The Labute approximate surface area is 140 Å². The van der Waals surface area contributed by atoms with Crippen LogP contribution in [0.1, 0.15) is 16.3 Å². The molecule has 126 valence electrons. The van der Waals surface area contributed by atoms with Gasteiger partial charge >= 0.3 is 0 Å². The van der Waals surface area contributed by atoms with Crippen LogP contribution in [0.2, 0.25) is 0 Å². The number of ether oxygens (including phenoxy) is 2. The summed E-state index contributed by atoms with van der Waals surface area (Å²) in [5.41, 5.74) is 2.33. The summed E-state index contributed by atoms with van der Waals surface area (Å²) in [6.07, 6.45) is 1.79. The number of amides is 1. The molecule has 7 heteroatoms. The van der Waals surface area contributed by atoms with E-state index in [0.717, 1.165) is 50.0 Å². The second-order valence-electron chi connectivity index (χ2n) is 5.89. The molecule has 1 N–H and O–H groups in total. The van der Waals surface area contributed by atoms with E-state index in [9.17, 15) is 4.79 Å². The third kappa shape index (κ3) is 3.13. The first-order chi connectivity index (χ1) is 11.8. The molecule has 0 spiro atoms. The second-order valence-corrected chi connectivity index (χ2v) is 5.89. The highest BCUT2D eigenvalue weighted by molar-refractivity contribution is 6.02. The van der Waals surface area contributed by atoms with E-state index >= 15 is 0 Å². The number of hydrogen-bond donors (Lipinski definition) is 1. The summed E-state index contributed by atoms with van der Waals surface area (Å²) >= 11 is 0. The van der Waals surface area contributed by atoms with Gasteiger partial charge in [0.15, 0.2) is 0 Å². The average Bonchev–Trinajstić information content (AvgIpc) is 3.07. The highest BCUT2D eigenvalue weighted by Gasteiger charge is 2.17. The van der Waals surface area contributed by atoms with Gasteiger partial charge in [-0.3, -0.25) is 4.79 Å². The maximum atomic E-state index is 12.4. The van der Waals surface area contributed by atoms with Gasteiger partial charge in [0, 0.05) is 37.2 Å². The minimum atomic E-state index is -0.198. The number of anilines is 2. The monoisotopic (exact) mass is 328 g/mol. The highest BCUT2D eigenvalue weighted by atomic mass is 16.5. The largest absolute Gasteiger partial charge is 0.378 e. The van der Waals surface area contributed by atoms with Gasteiger partial charge in [0.25, 0.3) is 5.91 Å². The predicted octanol–water partition coefficient (Wildman–Crippen LogP) is 1.50. The lowest BCUT2D eigenvalue weighted by atomic mass is 10.2. The van der Waals surface area contributed by atoms with Crippen molar-refractivity contribution in [2.75, 3.05) is 43.1 Å². The number of benzene rings is 1. The van der Waals surface area contributed by atoms with E-state index in [4.69, 9.17) is 9.47 Å². The lowest BCUT2D eigenvalue weighted by Gasteiger charge is -2.28. The Bertz CT molecular complexity index is 696. The number of hydrogen-bond acceptors (Lipinski definition) is 5. The van der Waals surface area contributed by atoms with E-state index in [-0.39, 0.29) is 5.91 Å². The fraction of sp³-hybridized carbons (Fsp3) is 0.412. The Hall–Kier alpha value is -2.38. The van der Waals surface area contributed by atoms with Gasteiger partial charge in [0.2, 0.25) is 0 Å². The zero-order valence-corrected chi connectivity index (χ0v) is 13.4. The van der Waals surface area contributed by atoms with Crippen molar-refractivity contribution in [1.82, 2.24) is 9.55 Å². The van der Waals surface area contributed by atoms with Crippen LogP contribution < -0.4 is 10.2 Å². The van der Waals surface area contributed by atoms with Gasteiger partial charge in [-0.2, -0.15) is 0 Å². The smallest absolute Gasteiger partial charge is 0.275 e. The standard InChI is InChI=1S/C17H20N4O3/c22-17(15-11-21-7-10-24-12-16(21)19-15)18-13-1-3-14(4-2-13)20-5-8-23-9-6-20/h1-4,11H,5-10,12H2,(H,18,22). The molecule has 2 aliphatic heterocycles. The van der Waals surface area contributed by atoms with Crippen LogP contribution in [0.3, 0.4) is 0 Å². The van der Waals surface area contributed by atoms with Crippen molar-refractivity contribution in [2.45, 2.75) is 13.2 Å². The molecule has 1 fully saturated rings. The van der Waals surface area contributed by atoms with Gasteiger partial charge < -0.3 is 24.3 Å². The molecule has 4 rings (SSSR count). The third-order valence-corrected chi connectivity index (χ3v) is 4.30. The molecular weight excluding hydrogens is 308 g/mol. The van der Waals surface area contributed by atoms with Crippen molar-refractivity contribution >= 4 is 17.3 Å². The Balaban J connectivity index is 1.42. The number of morpholine rings is 1. The summed E-state index contributed by atoms with van der Waals surface area (Å²) in [4.78, 5) is 19.0. The Kier molecular flexibility index (Phi) is 4.18. The first kappa shape index (κ1) is 15.2. The lowest BCUT2D eigenvalue weighted by molar-refractivity contribution is 0.0816. The topological polar surface area (TPSA) is 68.6 Å². The average molecular weight is 328 g/mol. The molecule has 0 atom stereocenters. The Morgan fingerprint density at radius 1 is 1.04 bits per heavy atom. The molecule has 1 aromatic heterocycles. The molecule has 1 amide bonds. The van der Waals surface area contributed by atoms with Gasteiger partial charge in [0.05, 0.1) is 19.8 Å². The van der Waals surface area contributed by atoms with Crippen molar-refractivity contribution in [2.24, 2.45) is 0 Å². The number of carbonyl (C=O) groups is 1. The molecule has 0 bridgehead atoms. The molecular formula is C17H20N4O3. The summed E-state index contributed by atoms with van der Waals surface area (Å²) in [7, 11) is 0. The fourth-order valence-electron chi connectivity index (χ4n) is 2.97. The van der Waals surface area contributed by atoms with Crippen LogP contribution in [-0.4, -0.2) is 48.4 Å². The SMILES string of the molecule is O=C(Nc1ccc(N2CCOCC2)cc1)c1cn2c(n1)COCC2. The minimum absolute atomic E-state index is 0.198. The Morgan fingerprint density at radius 3 is 2.54 bits per heavy atom. The van der Waals surface area contributed by atoms with E-state index in [1.165, 1.54) is 0 Å². The van der Waals surface area contributed by atoms with E-state index in [0.29, 0.717) is 18.9 Å². The Morgan fingerprint density at radius 2 is 1.79 bits per heavy atom. The number of carbonyl (C=O) groups excluding carboxylic acids is 1. The molecule has 2 aromatic rings. The van der Waals surface area contributed by atoms with E-state index in [1.54, 1.807) is 6.20 Å².